The van der Waals surface area contributed by atoms with Gasteiger partial charge in [-0.2, -0.15) is 0 Å². The number of hydrogen-bond donors (Lipinski definition) is 9. The number of carbonyl (C=O) groups is 3. The van der Waals surface area contributed by atoms with Crippen LogP contribution in [0, 0.1) is 50.2 Å². The molecule has 0 radical (unpaired) electrons. The van der Waals surface area contributed by atoms with Gasteiger partial charge in [-0.25, -0.2) is 4.79 Å². The summed E-state index contributed by atoms with van der Waals surface area (Å²) in [6, 6.07) is 0. The van der Waals surface area contributed by atoms with Gasteiger partial charge >= 0.3 is 11.9 Å². The Balaban J connectivity index is 1.20. The lowest BCUT2D eigenvalue weighted by Gasteiger charge is -2.71. The molecule has 58 heavy (non-hydrogen) atoms. The first kappa shape index (κ1) is 44.0. The van der Waals surface area contributed by atoms with Crippen molar-refractivity contribution in [1.29, 1.82) is 0 Å². The number of allylic oxidation sites excluding steroid dienone is 2. The van der Waals surface area contributed by atoms with Gasteiger partial charge in [-0.1, -0.05) is 53.2 Å². The molecule has 0 spiro atoms. The lowest BCUT2D eigenvalue weighted by Crippen LogP contribution is -2.70. The summed E-state index contributed by atoms with van der Waals surface area (Å²) in [5.74, 6) is -2.84. The second-order valence-electron chi connectivity index (χ2n) is 20.5. The quantitative estimate of drug-likeness (QED) is 0.0943. The van der Waals surface area contributed by atoms with Gasteiger partial charge in [0.25, 0.3) is 0 Å². The number of carboxylic acid groups (broad SMARTS) is 2. The molecule has 16 nitrogen and oxygen atoms in total. The zero-order chi connectivity index (χ0) is 42.7. The fourth-order valence-corrected chi connectivity index (χ4v) is 13.6. The van der Waals surface area contributed by atoms with Crippen LogP contribution in [0.5, 0.6) is 0 Å². The van der Waals surface area contributed by atoms with Gasteiger partial charge in [-0.05, 0) is 97.2 Å². The molecule has 5 aliphatic carbocycles. The molecule has 16 heteroatoms. The molecule has 6 fully saturated rings. The number of hydrogen-bond acceptors (Lipinski definition) is 14. The average Bonchev–Trinajstić information content (AvgIpc) is 3.15. The molecular formula is C42H64O16. The summed E-state index contributed by atoms with van der Waals surface area (Å²) in [6.45, 7) is 12.0. The molecule has 0 aromatic carbocycles. The molecular weight excluding hydrogens is 760 g/mol. The highest BCUT2D eigenvalue weighted by molar-refractivity contribution is 5.76. The van der Waals surface area contributed by atoms with Crippen LogP contribution in [0.3, 0.4) is 0 Å². The summed E-state index contributed by atoms with van der Waals surface area (Å²) in [5, 5.41) is 95.9. The summed E-state index contributed by atoms with van der Waals surface area (Å²) in [4.78, 5) is 38.8. The minimum absolute atomic E-state index is 0.00207. The van der Waals surface area contributed by atoms with E-state index in [1.165, 1.54) is 5.57 Å². The third kappa shape index (κ3) is 6.29. The van der Waals surface area contributed by atoms with Crippen molar-refractivity contribution in [3.8, 4) is 0 Å². The van der Waals surface area contributed by atoms with Crippen LogP contribution in [0.1, 0.15) is 99.3 Å². The lowest BCUT2D eigenvalue weighted by atomic mass is 9.33. The van der Waals surface area contributed by atoms with Gasteiger partial charge in [0.15, 0.2) is 18.7 Å². The first-order valence-corrected chi connectivity index (χ1v) is 20.9. The van der Waals surface area contributed by atoms with Crippen molar-refractivity contribution in [3.63, 3.8) is 0 Å². The normalized spacial score (nSPS) is 53.8. The first-order chi connectivity index (χ1) is 27.0. The monoisotopic (exact) mass is 824 g/mol. The highest BCUT2D eigenvalue weighted by Crippen LogP contribution is 2.76. The van der Waals surface area contributed by atoms with Gasteiger partial charge in [0.1, 0.15) is 49.0 Å². The molecule has 4 saturated carbocycles. The number of aliphatic carboxylic acids is 2. The smallest absolute Gasteiger partial charge is 0.335 e. The molecule has 0 aromatic heterocycles. The third-order valence-corrected chi connectivity index (χ3v) is 17.2. The van der Waals surface area contributed by atoms with E-state index in [0.717, 1.165) is 19.1 Å². The molecule has 328 valence electrons. The topological polar surface area (TPSA) is 270 Å². The number of aliphatic hydroxyl groups excluding tert-OH is 7. The van der Waals surface area contributed by atoms with E-state index in [0.29, 0.717) is 38.5 Å². The van der Waals surface area contributed by atoms with E-state index in [-0.39, 0.29) is 40.4 Å². The van der Waals surface area contributed by atoms with E-state index < -0.39 is 108 Å². The Kier molecular flexibility index (Phi) is 11.2. The number of aliphatic hydroxyl groups is 7. The van der Waals surface area contributed by atoms with E-state index in [2.05, 4.69) is 40.7 Å². The maximum atomic E-state index is 13.5. The lowest BCUT2D eigenvalue weighted by molar-refractivity contribution is -0.377. The van der Waals surface area contributed by atoms with Gasteiger partial charge in [0, 0.05) is 0 Å². The second kappa shape index (κ2) is 14.8. The van der Waals surface area contributed by atoms with Gasteiger partial charge in [-0.15, -0.1) is 0 Å². The minimum Gasteiger partial charge on any atom is -0.481 e. The predicted octanol–water partition coefficient (Wildman–Crippen LogP) is 1.12. The number of fused-ring (bicyclic) bond motifs is 7. The van der Waals surface area contributed by atoms with Gasteiger partial charge < -0.3 is 69.7 Å². The molecule has 0 unspecified atom stereocenters. The molecule has 2 saturated heterocycles. The van der Waals surface area contributed by atoms with Gasteiger partial charge in [-0.3, -0.25) is 4.79 Å². The fourth-order valence-electron chi connectivity index (χ4n) is 13.6. The number of rotatable bonds is 8. The van der Waals surface area contributed by atoms with Gasteiger partial charge in [0.05, 0.1) is 29.6 Å². The van der Waals surface area contributed by atoms with Crippen LogP contribution in [0.15, 0.2) is 11.6 Å². The van der Waals surface area contributed by atoms with E-state index in [4.69, 9.17) is 18.9 Å². The zero-order valence-corrected chi connectivity index (χ0v) is 34.3. The van der Waals surface area contributed by atoms with Crippen LogP contribution in [-0.4, -0.2) is 144 Å². The van der Waals surface area contributed by atoms with E-state index in [1.54, 1.807) is 6.92 Å². The molecule has 0 bridgehead atoms. The van der Waals surface area contributed by atoms with Crippen LogP contribution in [-0.2, 0) is 33.3 Å². The largest absolute Gasteiger partial charge is 0.481 e. The molecule has 2 heterocycles. The Hall–Kier alpha value is -2.09. The van der Waals surface area contributed by atoms with Crippen LogP contribution in [0.4, 0.5) is 0 Å². The average molecular weight is 825 g/mol. The van der Waals surface area contributed by atoms with Crippen LogP contribution >= 0.6 is 0 Å². The Morgan fingerprint density at radius 1 is 0.793 bits per heavy atom. The zero-order valence-electron chi connectivity index (χ0n) is 34.3. The molecule has 2 aliphatic heterocycles. The number of ether oxygens (including phenoxy) is 4. The van der Waals surface area contributed by atoms with Crippen molar-refractivity contribution in [3.05, 3.63) is 11.6 Å². The Labute approximate surface area is 338 Å². The maximum Gasteiger partial charge on any atom is 0.335 e. The summed E-state index contributed by atoms with van der Waals surface area (Å²) in [5.41, 5.74) is -2.24. The SMILES string of the molecule is CC1(C)CC[C@]2(C(=O)O)CC[C@]3(C)C(=CC[C@@H]4[C@@]5(C)C[C@H](O)[C@H](O[C@@H]6O[C@H](C(=O)O)[C@@H](O)[C@H](O)[C@H]6O[C@@H]6O[C@H](CO)[C@H](O)[C@H](O)[C@H]6O)[C@@](C)(C=O)[C@@H]5CC[C@]43C)[C@@H]2C1. The fraction of sp³-hybridized carbons (Fsp3) is 0.881. The minimum atomic E-state index is -2.08. The first-order valence-electron chi connectivity index (χ1n) is 20.9. The molecule has 9 N–H and O–H groups in total. The molecule has 0 aromatic rings. The van der Waals surface area contributed by atoms with Crippen molar-refractivity contribution in [2.45, 2.75) is 173 Å². The number of aldehydes is 1. The second-order valence-corrected chi connectivity index (χ2v) is 20.5. The summed E-state index contributed by atoms with van der Waals surface area (Å²) < 4.78 is 23.4. The molecule has 20 atom stereocenters. The van der Waals surface area contributed by atoms with Gasteiger partial charge in [0.2, 0.25) is 0 Å². The summed E-state index contributed by atoms with van der Waals surface area (Å²) >= 11 is 0. The third-order valence-electron chi connectivity index (χ3n) is 17.2. The highest BCUT2D eigenvalue weighted by atomic mass is 16.8. The molecule has 0 amide bonds. The Morgan fingerprint density at radius 2 is 1.47 bits per heavy atom. The van der Waals surface area contributed by atoms with Crippen molar-refractivity contribution < 1.29 is 79.3 Å². The summed E-state index contributed by atoms with van der Waals surface area (Å²) in [7, 11) is 0. The van der Waals surface area contributed by atoms with Crippen molar-refractivity contribution in [1.82, 2.24) is 0 Å². The highest BCUT2D eigenvalue weighted by Gasteiger charge is 2.71. The van der Waals surface area contributed by atoms with E-state index in [1.807, 2.05) is 0 Å². The number of carbonyl (C=O) groups excluding carboxylic acids is 1. The molecule has 7 aliphatic rings. The van der Waals surface area contributed by atoms with Crippen LogP contribution in [0.25, 0.3) is 0 Å². The van der Waals surface area contributed by atoms with Crippen molar-refractivity contribution >= 4 is 18.2 Å². The summed E-state index contributed by atoms with van der Waals surface area (Å²) in [6.07, 6.45) is -12.6. The standard InChI is InChI=1S/C42H64O16/c1-37(2)11-13-42(36(53)54)14-12-40(5)19(20(42)15-37)7-8-24-38(3)16-21(45)32(39(4,18-44)23(38)9-10-41(24,40)6)58-35-31(28(49)27(48)30(56-35)33(51)52)57-34-29(50)26(47)25(46)22(17-43)55-34/h7,18,20-32,34-35,43,45-50H,8-17H2,1-6H3,(H,51,52)(H,53,54)/t20-,21-,22+,23+,24+,25-,26-,27-,28-,29+,30-,31+,32-,34-,35-,38-,39-,40+,41+,42-/m0/s1. The van der Waals surface area contributed by atoms with Crippen LogP contribution in [0.2, 0.25) is 0 Å². The van der Waals surface area contributed by atoms with Crippen molar-refractivity contribution in [2.24, 2.45) is 50.2 Å². The van der Waals surface area contributed by atoms with Crippen molar-refractivity contribution in [2.75, 3.05) is 6.61 Å². The van der Waals surface area contributed by atoms with E-state index >= 15 is 0 Å². The van der Waals surface area contributed by atoms with Crippen LogP contribution < -0.4 is 0 Å². The molecule has 7 rings (SSSR count). The number of carboxylic acids is 2. The Morgan fingerprint density at radius 3 is 2.09 bits per heavy atom. The maximum absolute atomic E-state index is 13.5. The Bertz CT molecular complexity index is 1650. The predicted molar refractivity (Wildman–Crippen MR) is 200 cm³/mol. The van der Waals surface area contributed by atoms with E-state index in [9.17, 15) is 60.3 Å².